The van der Waals surface area contributed by atoms with Crippen LogP contribution in [0.4, 0.5) is 0 Å². The van der Waals surface area contributed by atoms with Gasteiger partial charge in [-0.15, -0.1) is 0 Å². The molecule has 112 valence electrons. The average molecular weight is 274 g/mol. The summed E-state index contributed by atoms with van der Waals surface area (Å²) in [6.45, 7) is 13.9. The molecule has 1 aromatic carbocycles. The first-order chi connectivity index (χ1) is 9.49. The molecule has 1 saturated heterocycles. The smallest absolute Gasteiger partial charge is 0.0157 e. The minimum absolute atomic E-state index is 0.304. The maximum absolute atomic E-state index is 3.44. The second kappa shape index (κ2) is 6.73. The highest BCUT2D eigenvalue weighted by molar-refractivity contribution is 5.24. The summed E-state index contributed by atoms with van der Waals surface area (Å²) in [6, 6.07) is 9.20. The molecule has 0 radical (unpaired) electrons. The number of aryl methyl sites for hydroxylation is 1. The number of hydrogen-bond acceptors (Lipinski definition) is 2. The molecule has 0 saturated carbocycles. The Balaban J connectivity index is 1.89. The van der Waals surface area contributed by atoms with Crippen molar-refractivity contribution >= 4 is 0 Å². The molecule has 1 heterocycles. The third-order valence-corrected chi connectivity index (χ3v) is 4.64. The fourth-order valence-electron chi connectivity index (χ4n) is 2.95. The Morgan fingerprint density at radius 3 is 2.25 bits per heavy atom. The largest absolute Gasteiger partial charge is 0.314 e. The van der Waals surface area contributed by atoms with Crippen molar-refractivity contribution in [3.63, 3.8) is 0 Å². The summed E-state index contributed by atoms with van der Waals surface area (Å²) in [6.07, 6.45) is 2.41. The van der Waals surface area contributed by atoms with Crippen LogP contribution in [0.2, 0.25) is 0 Å². The topological polar surface area (TPSA) is 15.3 Å². The van der Waals surface area contributed by atoms with E-state index < -0.39 is 0 Å². The number of nitrogens with zero attached hydrogens (tertiary/aromatic N) is 1. The third kappa shape index (κ3) is 4.07. The van der Waals surface area contributed by atoms with Crippen LogP contribution < -0.4 is 5.32 Å². The van der Waals surface area contributed by atoms with Crippen LogP contribution in [0.3, 0.4) is 0 Å². The van der Waals surface area contributed by atoms with Gasteiger partial charge < -0.3 is 5.32 Å². The van der Waals surface area contributed by atoms with Gasteiger partial charge in [-0.1, -0.05) is 38.1 Å². The van der Waals surface area contributed by atoms with E-state index in [0.29, 0.717) is 11.5 Å². The molecule has 0 atom stereocenters. The summed E-state index contributed by atoms with van der Waals surface area (Å²) in [4.78, 5) is 2.63. The summed E-state index contributed by atoms with van der Waals surface area (Å²) >= 11 is 0. The van der Waals surface area contributed by atoms with E-state index >= 15 is 0 Å². The van der Waals surface area contributed by atoms with Crippen molar-refractivity contribution < 1.29 is 0 Å². The van der Waals surface area contributed by atoms with Crippen LogP contribution in [0, 0.1) is 0 Å². The van der Waals surface area contributed by atoms with Crippen molar-refractivity contribution in [2.45, 2.75) is 52.0 Å². The van der Waals surface area contributed by atoms with Gasteiger partial charge in [-0.3, -0.25) is 4.90 Å². The Morgan fingerprint density at radius 2 is 1.70 bits per heavy atom. The summed E-state index contributed by atoms with van der Waals surface area (Å²) in [7, 11) is 0. The first-order valence-electron chi connectivity index (χ1n) is 8.04. The molecule has 0 aromatic heterocycles. The predicted octanol–water partition coefficient (Wildman–Crippen LogP) is 3.43. The highest BCUT2D eigenvalue weighted by Gasteiger charge is 2.27. The van der Waals surface area contributed by atoms with E-state index in [1.165, 1.54) is 37.1 Å². The fourth-order valence-corrected chi connectivity index (χ4v) is 2.95. The first kappa shape index (κ1) is 15.5. The van der Waals surface area contributed by atoms with Gasteiger partial charge in [0.15, 0.2) is 0 Å². The predicted molar refractivity (Wildman–Crippen MR) is 87.4 cm³/mol. The maximum atomic E-state index is 3.44. The highest BCUT2D eigenvalue weighted by Crippen LogP contribution is 2.22. The quantitative estimate of drug-likeness (QED) is 0.885. The minimum atomic E-state index is 0.304. The van der Waals surface area contributed by atoms with Crippen LogP contribution >= 0.6 is 0 Å². The highest BCUT2D eigenvalue weighted by atomic mass is 15.2. The van der Waals surface area contributed by atoms with Crippen molar-refractivity contribution in [2.24, 2.45) is 0 Å². The van der Waals surface area contributed by atoms with Gasteiger partial charge in [0.2, 0.25) is 0 Å². The fraction of sp³-hybridized carbons (Fsp3) is 0.667. The number of rotatable bonds is 5. The minimum Gasteiger partial charge on any atom is -0.314 e. The van der Waals surface area contributed by atoms with Crippen molar-refractivity contribution in [1.29, 1.82) is 0 Å². The third-order valence-electron chi connectivity index (χ3n) is 4.64. The summed E-state index contributed by atoms with van der Waals surface area (Å²) in [5.74, 6) is 0.626. The Hall–Kier alpha value is -0.860. The van der Waals surface area contributed by atoms with Crippen molar-refractivity contribution in [3.05, 3.63) is 35.4 Å². The maximum Gasteiger partial charge on any atom is 0.0157 e. The number of hydrogen-bond donors (Lipinski definition) is 1. The number of piperazine rings is 1. The van der Waals surface area contributed by atoms with Gasteiger partial charge in [-0.25, -0.2) is 0 Å². The lowest BCUT2D eigenvalue weighted by Gasteiger charge is -2.41. The van der Waals surface area contributed by atoms with E-state index in [2.05, 4.69) is 62.2 Å². The Kier molecular flexibility index (Phi) is 5.22. The van der Waals surface area contributed by atoms with E-state index in [-0.39, 0.29) is 0 Å². The Bertz CT molecular complexity index is 400. The van der Waals surface area contributed by atoms with E-state index in [4.69, 9.17) is 0 Å². The van der Waals surface area contributed by atoms with Crippen LogP contribution in [0.5, 0.6) is 0 Å². The lowest BCUT2D eigenvalue weighted by atomic mass is 9.92. The Labute approximate surface area is 124 Å². The van der Waals surface area contributed by atoms with Crippen LogP contribution in [0.25, 0.3) is 0 Å². The summed E-state index contributed by atoms with van der Waals surface area (Å²) in [5, 5.41) is 3.44. The second-order valence-corrected chi connectivity index (χ2v) is 6.95. The van der Waals surface area contributed by atoms with Crippen LogP contribution in [-0.2, 0) is 6.42 Å². The molecule has 1 N–H and O–H groups in total. The van der Waals surface area contributed by atoms with Gasteiger partial charge in [0.05, 0.1) is 0 Å². The molecule has 1 aromatic rings. The van der Waals surface area contributed by atoms with Crippen LogP contribution in [0.15, 0.2) is 24.3 Å². The lowest BCUT2D eigenvalue weighted by molar-refractivity contribution is 0.0959. The molecule has 0 amide bonds. The average Bonchev–Trinajstić information content (AvgIpc) is 2.46. The molecule has 2 rings (SSSR count). The molecule has 1 fully saturated rings. The van der Waals surface area contributed by atoms with E-state index in [1.807, 2.05) is 0 Å². The van der Waals surface area contributed by atoms with Gasteiger partial charge >= 0.3 is 0 Å². The zero-order chi connectivity index (χ0) is 14.6. The van der Waals surface area contributed by atoms with Gasteiger partial charge in [0.1, 0.15) is 0 Å². The molecule has 1 aliphatic heterocycles. The number of nitrogens with one attached hydrogen (secondary N) is 1. The molecule has 0 spiro atoms. The number of benzene rings is 1. The molecular weight excluding hydrogens is 244 g/mol. The molecule has 0 aliphatic carbocycles. The van der Waals surface area contributed by atoms with Gasteiger partial charge in [-0.05, 0) is 43.7 Å². The van der Waals surface area contributed by atoms with E-state index in [9.17, 15) is 0 Å². The van der Waals surface area contributed by atoms with E-state index in [1.54, 1.807) is 0 Å². The van der Waals surface area contributed by atoms with E-state index in [0.717, 1.165) is 13.1 Å². The lowest BCUT2D eigenvalue weighted by Crippen LogP contribution is -2.53. The van der Waals surface area contributed by atoms with Crippen LogP contribution in [0.1, 0.15) is 51.2 Å². The zero-order valence-corrected chi connectivity index (χ0v) is 13.6. The standard InChI is InChI=1S/C18H30N2/c1-15(2)17-7-5-16(6-8-17)9-10-18(3,4)20-13-11-19-12-14-20/h5-8,15,19H,9-14H2,1-4H3. The first-order valence-corrected chi connectivity index (χ1v) is 8.04. The molecule has 20 heavy (non-hydrogen) atoms. The molecule has 0 bridgehead atoms. The van der Waals surface area contributed by atoms with Gasteiger partial charge in [-0.2, -0.15) is 0 Å². The normalized spacial score (nSPS) is 17.6. The van der Waals surface area contributed by atoms with Crippen molar-refractivity contribution in [1.82, 2.24) is 10.2 Å². The molecule has 1 aliphatic rings. The summed E-state index contributed by atoms with van der Waals surface area (Å²) < 4.78 is 0. The molecule has 2 heteroatoms. The van der Waals surface area contributed by atoms with Crippen molar-refractivity contribution in [3.8, 4) is 0 Å². The summed E-state index contributed by atoms with van der Waals surface area (Å²) in [5.41, 5.74) is 3.21. The Morgan fingerprint density at radius 1 is 1.10 bits per heavy atom. The molecule has 2 nitrogen and oxygen atoms in total. The monoisotopic (exact) mass is 274 g/mol. The zero-order valence-electron chi connectivity index (χ0n) is 13.6. The second-order valence-electron chi connectivity index (χ2n) is 6.95. The molecular formula is C18H30N2. The van der Waals surface area contributed by atoms with Crippen LogP contribution in [-0.4, -0.2) is 36.6 Å². The van der Waals surface area contributed by atoms with Gasteiger partial charge in [0.25, 0.3) is 0 Å². The van der Waals surface area contributed by atoms with Gasteiger partial charge in [0, 0.05) is 31.7 Å². The van der Waals surface area contributed by atoms with Crippen molar-refractivity contribution in [2.75, 3.05) is 26.2 Å². The SMILES string of the molecule is CC(C)c1ccc(CCC(C)(C)N2CCNCC2)cc1. The molecule has 0 unspecified atom stereocenters.